The van der Waals surface area contributed by atoms with Gasteiger partial charge in [-0.15, -0.1) is 0 Å². The number of anilines is 1. The summed E-state index contributed by atoms with van der Waals surface area (Å²) in [5.74, 6) is -3.23. The van der Waals surface area contributed by atoms with Crippen LogP contribution in [0.3, 0.4) is 0 Å². The molecule has 0 aliphatic carbocycles. The van der Waals surface area contributed by atoms with E-state index in [1.54, 1.807) is 0 Å². The number of carbonyl (C=O) groups is 1. The highest BCUT2D eigenvalue weighted by Gasteiger charge is 2.64. The van der Waals surface area contributed by atoms with Gasteiger partial charge in [0.15, 0.2) is 0 Å². The molecule has 2 aliphatic heterocycles. The van der Waals surface area contributed by atoms with Crippen molar-refractivity contribution in [2.75, 3.05) is 11.9 Å². The second-order valence-electron chi connectivity index (χ2n) is 7.77. The molecule has 1 saturated heterocycles. The molecular formula is C20H17F6N5O3. The molecule has 182 valence electrons. The minimum absolute atomic E-state index is 0.0161. The zero-order chi connectivity index (χ0) is 24.8. The summed E-state index contributed by atoms with van der Waals surface area (Å²) in [7, 11) is 0. The third-order valence-electron chi connectivity index (χ3n) is 5.65. The van der Waals surface area contributed by atoms with E-state index in [0.717, 1.165) is 30.6 Å². The molecule has 2 aromatic rings. The summed E-state index contributed by atoms with van der Waals surface area (Å²) >= 11 is 0. The zero-order valence-corrected chi connectivity index (χ0v) is 17.3. The molecule has 4 rings (SSSR count). The molecule has 1 fully saturated rings. The van der Waals surface area contributed by atoms with Crippen LogP contribution in [0, 0.1) is 11.7 Å². The van der Waals surface area contributed by atoms with Gasteiger partial charge in [-0.05, 0) is 25.1 Å². The molecular weight excluding hydrogens is 472 g/mol. The molecule has 8 nitrogen and oxygen atoms in total. The Hall–Kier alpha value is -3.42. The molecule has 0 spiro atoms. The van der Waals surface area contributed by atoms with E-state index in [-0.39, 0.29) is 16.9 Å². The van der Waals surface area contributed by atoms with Crippen molar-refractivity contribution in [2.24, 2.45) is 16.6 Å². The number of fused-ring (bicyclic) bond motifs is 1. The third kappa shape index (κ3) is 4.13. The maximum absolute atomic E-state index is 15.0. The van der Waals surface area contributed by atoms with Gasteiger partial charge in [-0.1, -0.05) is 0 Å². The second-order valence-corrected chi connectivity index (χ2v) is 7.77. The van der Waals surface area contributed by atoms with Crippen LogP contribution in [-0.4, -0.2) is 46.9 Å². The van der Waals surface area contributed by atoms with E-state index in [4.69, 9.17) is 15.2 Å². The van der Waals surface area contributed by atoms with Crippen molar-refractivity contribution in [3.8, 4) is 0 Å². The first-order valence-electron chi connectivity index (χ1n) is 9.84. The van der Waals surface area contributed by atoms with Crippen molar-refractivity contribution in [1.82, 2.24) is 9.97 Å². The van der Waals surface area contributed by atoms with Crippen molar-refractivity contribution < 1.29 is 40.6 Å². The Morgan fingerprint density at radius 2 is 2.00 bits per heavy atom. The van der Waals surface area contributed by atoms with E-state index in [1.165, 1.54) is 6.92 Å². The number of alkyl halides is 5. The van der Waals surface area contributed by atoms with Gasteiger partial charge in [-0.3, -0.25) is 9.78 Å². The number of amides is 1. The standard InChI is InChI=1S/C20H17F6N5O3/c1-8-14-15(20(24,25)26)34-18(27)31-19(14,7-33-8)10-4-9(2-3-11(10)21)30-17(32)13-6-28-12(5-29-13)16(22)23/h2-6,8,14-16H,7H2,1H3,(H2,27,31)(H,30,32)/t8-,14+,15+,19-/m1/s1. The molecule has 0 saturated carbocycles. The predicted molar refractivity (Wildman–Crippen MR) is 104 cm³/mol. The van der Waals surface area contributed by atoms with Gasteiger partial charge in [0.1, 0.15) is 22.7 Å². The Balaban J connectivity index is 1.70. The first-order chi connectivity index (χ1) is 15.9. The Morgan fingerprint density at radius 1 is 1.26 bits per heavy atom. The van der Waals surface area contributed by atoms with Gasteiger partial charge in [0.25, 0.3) is 18.4 Å². The van der Waals surface area contributed by atoms with Gasteiger partial charge >= 0.3 is 6.18 Å². The summed E-state index contributed by atoms with van der Waals surface area (Å²) in [5, 5.41) is 2.38. The molecule has 0 radical (unpaired) electrons. The van der Waals surface area contributed by atoms with Crippen LogP contribution in [-0.2, 0) is 15.0 Å². The minimum Gasteiger partial charge on any atom is -0.452 e. The fourth-order valence-electron chi connectivity index (χ4n) is 4.16. The van der Waals surface area contributed by atoms with Gasteiger partial charge in [-0.25, -0.2) is 23.1 Å². The van der Waals surface area contributed by atoms with Crippen LogP contribution in [0.25, 0.3) is 0 Å². The van der Waals surface area contributed by atoms with Gasteiger partial charge in [0.05, 0.1) is 31.0 Å². The fourth-order valence-corrected chi connectivity index (χ4v) is 4.16. The smallest absolute Gasteiger partial charge is 0.426 e. The number of hydrogen-bond acceptors (Lipinski definition) is 7. The number of amidine groups is 1. The average Bonchev–Trinajstić information content (AvgIpc) is 3.10. The van der Waals surface area contributed by atoms with Crippen molar-refractivity contribution in [3.63, 3.8) is 0 Å². The number of rotatable bonds is 4. The van der Waals surface area contributed by atoms with E-state index >= 15 is 0 Å². The highest BCUT2D eigenvalue weighted by molar-refractivity contribution is 6.02. The quantitative estimate of drug-likeness (QED) is 0.638. The highest BCUT2D eigenvalue weighted by Crippen LogP contribution is 2.51. The Bertz CT molecular complexity index is 1130. The van der Waals surface area contributed by atoms with Crippen LogP contribution in [0.2, 0.25) is 0 Å². The summed E-state index contributed by atoms with van der Waals surface area (Å²) in [6.45, 7) is 0.973. The normalized spacial score (nSPS) is 26.6. The van der Waals surface area contributed by atoms with Crippen molar-refractivity contribution in [1.29, 1.82) is 0 Å². The summed E-state index contributed by atoms with van der Waals surface area (Å²) in [4.78, 5) is 23.5. The number of nitrogens with one attached hydrogen (secondary N) is 1. The number of halogens is 6. The van der Waals surface area contributed by atoms with Crippen molar-refractivity contribution in [3.05, 3.63) is 53.4 Å². The molecule has 34 heavy (non-hydrogen) atoms. The van der Waals surface area contributed by atoms with Crippen LogP contribution in [0.1, 0.15) is 35.1 Å². The molecule has 4 atom stereocenters. The fraction of sp³-hybridized carbons (Fsp3) is 0.400. The van der Waals surface area contributed by atoms with Gasteiger partial charge in [0, 0.05) is 11.3 Å². The molecule has 3 heterocycles. The van der Waals surface area contributed by atoms with E-state index in [1.807, 2.05) is 0 Å². The molecule has 0 unspecified atom stereocenters. The topological polar surface area (TPSA) is 112 Å². The summed E-state index contributed by atoms with van der Waals surface area (Å²) < 4.78 is 91.6. The number of aliphatic imine (C=N–C) groups is 1. The van der Waals surface area contributed by atoms with E-state index in [0.29, 0.717) is 0 Å². The lowest BCUT2D eigenvalue weighted by atomic mass is 9.74. The largest absolute Gasteiger partial charge is 0.452 e. The number of nitrogens with two attached hydrogens (primary N) is 1. The van der Waals surface area contributed by atoms with Gasteiger partial charge < -0.3 is 20.5 Å². The Kier molecular flexibility index (Phi) is 5.87. The Morgan fingerprint density at radius 3 is 2.62 bits per heavy atom. The number of hydrogen-bond donors (Lipinski definition) is 2. The maximum Gasteiger partial charge on any atom is 0.426 e. The maximum atomic E-state index is 15.0. The minimum atomic E-state index is -4.84. The Labute approximate surface area is 188 Å². The molecule has 3 N–H and O–H groups in total. The highest BCUT2D eigenvalue weighted by atomic mass is 19.4. The molecule has 0 bridgehead atoms. The third-order valence-corrected chi connectivity index (χ3v) is 5.65. The van der Waals surface area contributed by atoms with E-state index in [9.17, 15) is 31.1 Å². The molecule has 2 aliphatic rings. The number of carbonyl (C=O) groups excluding carboxylic acids is 1. The molecule has 14 heteroatoms. The molecule has 1 aromatic heterocycles. The first-order valence-corrected chi connectivity index (χ1v) is 9.84. The van der Waals surface area contributed by atoms with Crippen LogP contribution in [0.5, 0.6) is 0 Å². The lowest BCUT2D eigenvalue weighted by Gasteiger charge is -2.41. The van der Waals surface area contributed by atoms with Crippen LogP contribution in [0.15, 0.2) is 35.6 Å². The first kappa shape index (κ1) is 23.7. The van der Waals surface area contributed by atoms with E-state index in [2.05, 4.69) is 20.3 Å². The average molecular weight is 489 g/mol. The zero-order valence-electron chi connectivity index (χ0n) is 17.3. The molecule has 1 aromatic carbocycles. The van der Waals surface area contributed by atoms with Crippen LogP contribution in [0.4, 0.5) is 32.0 Å². The summed E-state index contributed by atoms with van der Waals surface area (Å²) in [6, 6.07) is 2.43. The second kappa shape index (κ2) is 8.42. The van der Waals surface area contributed by atoms with Crippen molar-refractivity contribution >= 4 is 17.6 Å². The molecule has 1 amide bonds. The van der Waals surface area contributed by atoms with Crippen LogP contribution < -0.4 is 11.1 Å². The van der Waals surface area contributed by atoms with Crippen molar-refractivity contribution in [2.45, 2.75) is 37.3 Å². The number of nitrogens with zero attached hydrogens (tertiary/aromatic N) is 3. The predicted octanol–water partition coefficient (Wildman–Crippen LogP) is 3.31. The number of aromatic nitrogens is 2. The summed E-state index contributed by atoms with van der Waals surface area (Å²) in [5.41, 5.74) is 2.42. The van der Waals surface area contributed by atoms with Gasteiger partial charge in [-0.2, -0.15) is 13.2 Å². The lowest BCUT2D eigenvalue weighted by Crippen LogP contribution is -2.55. The number of benzene rings is 1. The lowest BCUT2D eigenvalue weighted by molar-refractivity contribution is -0.226. The summed E-state index contributed by atoms with van der Waals surface area (Å²) in [6.07, 6.45) is -9.56. The van der Waals surface area contributed by atoms with Gasteiger partial charge in [0.2, 0.25) is 6.10 Å². The number of ether oxygens (including phenoxy) is 2. The van der Waals surface area contributed by atoms with E-state index < -0.39 is 66.3 Å². The SMILES string of the molecule is C[C@H]1OC[C@]2(c3cc(NC(=O)c4cnc(C(F)F)cn4)ccc3F)N=C(N)O[C@H](C(F)(F)F)[C@H]12. The monoisotopic (exact) mass is 489 g/mol. The van der Waals surface area contributed by atoms with Crippen LogP contribution >= 0.6 is 0 Å².